The Morgan fingerprint density at radius 3 is 2.55 bits per heavy atom. The molecule has 0 spiro atoms. The Balaban J connectivity index is 1.18. The first-order valence-electron chi connectivity index (χ1n) is 9.49. The maximum atomic E-state index is 12.5. The normalized spacial score (nSPS) is 13.5. The first kappa shape index (κ1) is 19.2. The average molecular weight is 439 g/mol. The summed E-state index contributed by atoms with van der Waals surface area (Å²) in [5.74, 6) is 1.86. The van der Waals surface area contributed by atoms with Crippen molar-refractivity contribution in [1.29, 1.82) is 0 Å². The molecular formula is C21H17N3O6S. The number of thiazole rings is 1. The summed E-state index contributed by atoms with van der Waals surface area (Å²) >= 11 is 1.25. The van der Waals surface area contributed by atoms with Crippen molar-refractivity contribution in [2.45, 2.75) is 6.42 Å². The fourth-order valence-corrected chi connectivity index (χ4v) is 3.85. The monoisotopic (exact) mass is 439 g/mol. The zero-order valence-corrected chi connectivity index (χ0v) is 17.0. The molecule has 0 unspecified atom stereocenters. The molecule has 0 saturated carbocycles. The van der Waals surface area contributed by atoms with E-state index in [1.165, 1.54) is 11.3 Å². The van der Waals surface area contributed by atoms with Crippen LogP contribution in [0.1, 0.15) is 16.1 Å². The van der Waals surface area contributed by atoms with Crippen molar-refractivity contribution < 1.29 is 28.5 Å². The molecular weight excluding hydrogens is 422 g/mol. The lowest BCUT2D eigenvalue weighted by Gasteiger charge is -2.18. The molecule has 158 valence electrons. The highest BCUT2D eigenvalue weighted by Crippen LogP contribution is 2.33. The molecule has 2 N–H and O–H groups in total. The lowest BCUT2D eigenvalue weighted by molar-refractivity contribution is -0.115. The molecule has 31 heavy (non-hydrogen) atoms. The predicted molar refractivity (Wildman–Crippen MR) is 112 cm³/mol. The van der Waals surface area contributed by atoms with Crippen molar-refractivity contribution in [3.63, 3.8) is 0 Å². The van der Waals surface area contributed by atoms with Gasteiger partial charge >= 0.3 is 0 Å². The van der Waals surface area contributed by atoms with Crippen LogP contribution in [0, 0.1) is 0 Å². The molecule has 0 radical (unpaired) electrons. The number of amides is 2. The number of ether oxygens (including phenoxy) is 4. The Morgan fingerprint density at radius 2 is 1.65 bits per heavy atom. The Hall–Kier alpha value is -3.79. The van der Waals surface area contributed by atoms with Gasteiger partial charge in [0.15, 0.2) is 28.1 Å². The number of nitrogens with one attached hydrogen (secondary N) is 2. The van der Waals surface area contributed by atoms with Crippen LogP contribution in [-0.4, -0.2) is 36.8 Å². The van der Waals surface area contributed by atoms with E-state index in [9.17, 15) is 9.59 Å². The summed E-state index contributed by atoms with van der Waals surface area (Å²) in [4.78, 5) is 29.2. The zero-order chi connectivity index (χ0) is 21.2. The van der Waals surface area contributed by atoms with Crippen LogP contribution in [0.25, 0.3) is 0 Å². The second-order valence-electron chi connectivity index (χ2n) is 6.75. The molecule has 3 aromatic rings. The molecule has 2 aliphatic rings. The Bertz CT molecular complexity index is 1160. The molecule has 5 rings (SSSR count). The van der Waals surface area contributed by atoms with Gasteiger partial charge in [0.25, 0.3) is 5.91 Å². The Labute approximate surface area is 180 Å². The number of hydrogen-bond acceptors (Lipinski definition) is 8. The molecule has 3 heterocycles. The van der Waals surface area contributed by atoms with E-state index < -0.39 is 0 Å². The lowest BCUT2D eigenvalue weighted by Crippen LogP contribution is -2.17. The summed E-state index contributed by atoms with van der Waals surface area (Å²) < 4.78 is 21.5. The molecule has 0 saturated heterocycles. The number of rotatable bonds is 5. The van der Waals surface area contributed by atoms with Gasteiger partial charge in [0.2, 0.25) is 12.7 Å². The molecule has 1 aromatic heterocycles. The van der Waals surface area contributed by atoms with Crippen molar-refractivity contribution in [1.82, 2.24) is 4.98 Å². The van der Waals surface area contributed by atoms with Gasteiger partial charge in [-0.05, 0) is 30.3 Å². The molecule has 0 fully saturated rings. The highest BCUT2D eigenvalue weighted by molar-refractivity contribution is 7.14. The molecule has 0 aliphatic carbocycles. The minimum absolute atomic E-state index is 0.0742. The third-order valence-electron chi connectivity index (χ3n) is 4.57. The summed E-state index contributed by atoms with van der Waals surface area (Å²) in [5.41, 5.74) is 1.60. The zero-order valence-electron chi connectivity index (χ0n) is 16.2. The van der Waals surface area contributed by atoms with Gasteiger partial charge < -0.3 is 24.3 Å². The van der Waals surface area contributed by atoms with Crippen molar-refractivity contribution >= 4 is 34.0 Å². The Kier molecular flexibility index (Phi) is 5.04. The fourth-order valence-electron chi connectivity index (χ4n) is 3.14. The number of carbonyl (C=O) groups excluding carboxylic acids is 2. The van der Waals surface area contributed by atoms with E-state index in [0.29, 0.717) is 58.3 Å². The van der Waals surface area contributed by atoms with Crippen LogP contribution in [0.15, 0.2) is 41.8 Å². The third kappa shape index (κ3) is 4.24. The van der Waals surface area contributed by atoms with Gasteiger partial charge in [-0.15, -0.1) is 11.3 Å². The maximum Gasteiger partial charge on any atom is 0.257 e. The number of aromatic nitrogens is 1. The first-order chi connectivity index (χ1) is 15.1. The van der Waals surface area contributed by atoms with Gasteiger partial charge in [0.05, 0.1) is 12.1 Å². The number of anilines is 2. The number of hydrogen-bond donors (Lipinski definition) is 2. The molecule has 2 aliphatic heterocycles. The highest BCUT2D eigenvalue weighted by Gasteiger charge is 2.18. The second kappa shape index (κ2) is 8.15. The first-order valence-corrected chi connectivity index (χ1v) is 10.4. The number of nitrogens with zero attached hydrogens (tertiary/aromatic N) is 1. The van der Waals surface area contributed by atoms with Crippen LogP contribution < -0.4 is 29.6 Å². The van der Waals surface area contributed by atoms with Gasteiger partial charge in [-0.2, -0.15) is 0 Å². The van der Waals surface area contributed by atoms with E-state index in [0.717, 1.165) is 0 Å². The minimum atomic E-state index is -0.320. The van der Waals surface area contributed by atoms with Crippen LogP contribution in [-0.2, 0) is 11.2 Å². The fraction of sp³-hybridized carbons (Fsp3) is 0.190. The SMILES string of the molecule is O=C(Cc1csc(NC(=O)c2ccc3c(c2)OCO3)n1)Nc1ccc2c(c1)OCCO2. The quantitative estimate of drug-likeness (QED) is 0.629. The standard InChI is InChI=1S/C21H17N3O6S/c25-19(22-13-2-4-15-18(8-13)28-6-5-27-15)9-14-10-31-21(23-14)24-20(26)12-1-3-16-17(7-12)30-11-29-16/h1-4,7-8,10H,5-6,9,11H2,(H,22,25)(H,23,24,26). The van der Waals surface area contributed by atoms with E-state index in [1.54, 1.807) is 41.8 Å². The van der Waals surface area contributed by atoms with Gasteiger partial charge in [-0.3, -0.25) is 14.9 Å². The van der Waals surface area contributed by atoms with Gasteiger partial charge in [-0.1, -0.05) is 0 Å². The largest absolute Gasteiger partial charge is 0.486 e. The van der Waals surface area contributed by atoms with Crippen molar-refractivity contribution in [2.24, 2.45) is 0 Å². The molecule has 9 nitrogen and oxygen atoms in total. The highest BCUT2D eigenvalue weighted by atomic mass is 32.1. The summed E-state index contributed by atoms with van der Waals surface area (Å²) in [6.45, 7) is 1.13. The van der Waals surface area contributed by atoms with Crippen LogP contribution in [0.5, 0.6) is 23.0 Å². The van der Waals surface area contributed by atoms with Crippen LogP contribution in [0.3, 0.4) is 0 Å². The van der Waals surface area contributed by atoms with Gasteiger partial charge in [-0.25, -0.2) is 4.98 Å². The number of carbonyl (C=O) groups is 2. The van der Waals surface area contributed by atoms with E-state index in [1.807, 2.05) is 0 Å². The topological polar surface area (TPSA) is 108 Å². The average Bonchev–Trinajstić information content (AvgIpc) is 3.42. The summed E-state index contributed by atoms with van der Waals surface area (Å²) in [6, 6.07) is 10.2. The lowest BCUT2D eigenvalue weighted by atomic mass is 10.2. The number of benzene rings is 2. The molecule has 2 amide bonds. The van der Waals surface area contributed by atoms with E-state index in [-0.39, 0.29) is 25.0 Å². The van der Waals surface area contributed by atoms with Crippen molar-refractivity contribution in [3.8, 4) is 23.0 Å². The molecule has 0 bridgehead atoms. The van der Waals surface area contributed by atoms with Crippen LogP contribution in [0.4, 0.5) is 10.8 Å². The molecule has 2 aromatic carbocycles. The van der Waals surface area contributed by atoms with Gasteiger partial charge in [0, 0.05) is 22.7 Å². The predicted octanol–water partition coefficient (Wildman–Crippen LogP) is 3.08. The van der Waals surface area contributed by atoms with Gasteiger partial charge in [0.1, 0.15) is 13.2 Å². The molecule has 0 atom stereocenters. The smallest absolute Gasteiger partial charge is 0.257 e. The van der Waals surface area contributed by atoms with E-state index in [4.69, 9.17) is 18.9 Å². The third-order valence-corrected chi connectivity index (χ3v) is 5.38. The van der Waals surface area contributed by atoms with Crippen molar-refractivity contribution in [3.05, 3.63) is 53.0 Å². The number of fused-ring (bicyclic) bond motifs is 2. The van der Waals surface area contributed by atoms with E-state index >= 15 is 0 Å². The van der Waals surface area contributed by atoms with Crippen LogP contribution >= 0.6 is 11.3 Å². The summed E-state index contributed by atoms with van der Waals surface area (Å²) in [5, 5.41) is 7.70. The molecule has 10 heteroatoms. The Morgan fingerprint density at radius 1 is 0.903 bits per heavy atom. The van der Waals surface area contributed by atoms with Crippen molar-refractivity contribution in [2.75, 3.05) is 30.6 Å². The van der Waals surface area contributed by atoms with Crippen LogP contribution in [0.2, 0.25) is 0 Å². The summed E-state index contributed by atoms with van der Waals surface area (Å²) in [6.07, 6.45) is 0.0742. The maximum absolute atomic E-state index is 12.5. The summed E-state index contributed by atoms with van der Waals surface area (Å²) in [7, 11) is 0. The van der Waals surface area contributed by atoms with E-state index in [2.05, 4.69) is 15.6 Å². The second-order valence-corrected chi connectivity index (χ2v) is 7.61. The minimum Gasteiger partial charge on any atom is -0.486 e.